The van der Waals surface area contributed by atoms with Crippen LogP contribution in [0.4, 0.5) is 5.82 Å². The fourth-order valence-corrected chi connectivity index (χ4v) is 3.00. The third-order valence-corrected chi connectivity index (χ3v) is 4.33. The van der Waals surface area contributed by atoms with Crippen LogP contribution in [0, 0.1) is 6.92 Å². The maximum atomic E-state index is 12.3. The van der Waals surface area contributed by atoms with Crippen molar-refractivity contribution in [2.24, 2.45) is 0 Å². The van der Waals surface area contributed by atoms with Gasteiger partial charge in [0.15, 0.2) is 6.61 Å². The van der Waals surface area contributed by atoms with Crippen molar-refractivity contribution < 1.29 is 19.1 Å². The minimum atomic E-state index is -0.441. The first-order valence-electron chi connectivity index (χ1n) is 9.85. The molecule has 7 nitrogen and oxygen atoms in total. The number of carbonyl (C=O) groups excluding carboxylic acids is 2. The standard InChI is InChI=1S/C23H25N3O4/c1-3-29-20-12-8-7-9-18(20)13-14-23(28)30-16-22(27)24-21-15-17(2)25-26(21)19-10-5-4-6-11-19/h4-12,15H,3,13-14,16H2,1-2H3,(H,24,27). The fourth-order valence-electron chi connectivity index (χ4n) is 3.00. The highest BCUT2D eigenvalue weighted by Crippen LogP contribution is 2.20. The number of nitrogens with one attached hydrogen (secondary N) is 1. The minimum Gasteiger partial charge on any atom is -0.494 e. The second-order valence-electron chi connectivity index (χ2n) is 6.67. The molecule has 0 saturated heterocycles. The topological polar surface area (TPSA) is 82.4 Å². The predicted octanol–water partition coefficient (Wildman–Crippen LogP) is 3.69. The van der Waals surface area contributed by atoms with Crippen molar-refractivity contribution in [2.75, 3.05) is 18.5 Å². The third-order valence-electron chi connectivity index (χ3n) is 4.33. The zero-order valence-corrected chi connectivity index (χ0v) is 17.1. The van der Waals surface area contributed by atoms with E-state index in [2.05, 4.69) is 10.4 Å². The van der Waals surface area contributed by atoms with Crippen LogP contribution in [-0.2, 0) is 20.7 Å². The molecular formula is C23H25N3O4. The first-order valence-corrected chi connectivity index (χ1v) is 9.85. The lowest BCUT2D eigenvalue weighted by molar-refractivity contribution is -0.147. The highest BCUT2D eigenvalue weighted by molar-refractivity contribution is 5.92. The molecule has 0 bridgehead atoms. The summed E-state index contributed by atoms with van der Waals surface area (Å²) in [6, 6.07) is 18.8. The number of rotatable bonds is 9. The number of amides is 1. The number of carbonyl (C=O) groups is 2. The maximum Gasteiger partial charge on any atom is 0.306 e. The van der Waals surface area contributed by atoms with Gasteiger partial charge in [0, 0.05) is 12.5 Å². The summed E-state index contributed by atoms with van der Waals surface area (Å²) in [4.78, 5) is 24.3. The lowest BCUT2D eigenvalue weighted by Crippen LogP contribution is -2.22. The third kappa shape index (κ3) is 5.70. The average molecular weight is 407 g/mol. The smallest absolute Gasteiger partial charge is 0.306 e. The quantitative estimate of drug-likeness (QED) is 0.547. The zero-order valence-electron chi connectivity index (χ0n) is 17.1. The summed E-state index contributed by atoms with van der Waals surface area (Å²) >= 11 is 0. The lowest BCUT2D eigenvalue weighted by Gasteiger charge is -2.10. The van der Waals surface area contributed by atoms with Gasteiger partial charge in [-0.2, -0.15) is 5.10 Å². The second kappa shape index (κ2) is 10.2. The molecule has 0 aliphatic rings. The van der Waals surface area contributed by atoms with Gasteiger partial charge in [0.05, 0.1) is 18.0 Å². The van der Waals surface area contributed by atoms with Crippen LogP contribution in [-0.4, -0.2) is 34.9 Å². The van der Waals surface area contributed by atoms with Crippen molar-refractivity contribution in [2.45, 2.75) is 26.7 Å². The van der Waals surface area contributed by atoms with E-state index in [9.17, 15) is 9.59 Å². The van der Waals surface area contributed by atoms with Crippen molar-refractivity contribution in [3.8, 4) is 11.4 Å². The Morgan fingerprint density at radius 2 is 1.80 bits per heavy atom. The average Bonchev–Trinajstić information content (AvgIpc) is 3.12. The molecule has 0 aliphatic carbocycles. The van der Waals surface area contributed by atoms with Gasteiger partial charge in [0.1, 0.15) is 11.6 Å². The van der Waals surface area contributed by atoms with E-state index in [0.29, 0.717) is 18.8 Å². The van der Waals surface area contributed by atoms with Crippen LogP contribution >= 0.6 is 0 Å². The number of benzene rings is 2. The number of hydrogen-bond donors (Lipinski definition) is 1. The van der Waals surface area contributed by atoms with Crippen molar-refractivity contribution in [3.05, 3.63) is 71.9 Å². The van der Waals surface area contributed by atoms with Gasteiger partial charge in [0.25, 0.3) is 5.91 Å². The number of anilines is 1. The van der Waals surface area contributed by atoms with E-state index in [-0.39, 0.29) is 13.0 Å². The summed E-state index contributed by atoms with van der Waals surface area (Å²) in [5.74, 6) is 0.417. The Balaban J connectivity index is 1.51. The summed E-state index contributed by atoms with van der Waals surface area (Å²) in [6.45, 7) is 3.95. The largest absolute Gasteiger partial charge is 0.494 e. The SMILES string of the molecule is CCOc1ccccc1CCC(=O)OCC(=O)Nc1cc(C)nn1-c1ccccc1. The number of ether oxygens (including phenoxy) is 2. The van der Waals surface area contributed by atoms with Gasteiger partial charge in [-0.1, -0.05) is 36.4 Å². The Labute approximate surface area is 175 Å². The van der Waals surface area contributed by atoms with Gasteiger partial charge in [-0.25, -0.2) is 4.68 Å². The Morgan fingerprint density at radius 3 is 2.57 bits per heavy atom. The van der Waals surface area contributed by atoms with Crippen LogP contribution in [0.1, 0.15) is 24.6 Å². The van der Waals surface area contributed by atoms with E-state index in [0.717, 1.165) is 22.7 Å². The molecule has 1 aromatic heterocycles. The monoisotopic (exact) mass is 407 g/mol. The molecule has 0 fully saturated rings. The molecule has 0 spiro atoms. The van der Waals surface area contributed by atoms with Crippen LogP contribution in [0.3, 0.4) is 0 Å². The molecule has 0 atom stereocenters. The molecule has 3 rings (SSSR count). The molecule has 7 heteroatoms. The first kappa shape index (κ1) is 21.1. The number of aryl methyl sites for hydroxylation is 2. The zero-order chi connectivity index (χ0) is 21.3. The van der Waals surface area contributed by atoms with Crippen LogP contribution in [0.25, 0.3) is 5.69 Å². The van der Waals surface area contributed by atoms with Gasteiger partial charge in [-0.3, -0.25) is 9.59 Å². The number of aromatic nitrogens is 2. The predicted molar refractivity (Wildman–Crippen MR) is 114 cm³/mol. The molecule has 0 unspecified atom stereocenters. The van der Waals surface area contributed by atoms with Crippen LogP contribution < -0.4 is 10.1 Å². The maximum absolute atomic E-state index is 12.3. The number of nitrogens with zero attached hydrogens (tertiary/aromatic N) is 2. The highest BCUT2D eigenvalue weighted by Gasteiger charge is 2.13. The van der Waals surface area contributed by atoms with Gasteiger partial charge in [-0.05, 0) is 44.0 Å². The van der Waals surface area contributed by atoms with E-state index in [1.165, 1.54) is 0 Å². The molecule has 30 heavy (non-hydrogen) atoms. The Kier molecular flexibility index (Phi) is 7.21. The van der Waals surface area contributed by atoms with E-state index in [1.807, 2.05) is 68.4 Å². The molecule has 3 aromatic rings. The number of esters is 1. The molecular weight excluding hydrogens is 382 g/mol. The van der Waals surface area contributed by atoms with E-state index in [1.54, 1.807) is 10.7 Å². The summed E-state index contributed by atoms with van der Waals surface area (Å²) in [5.41, 5.74) is 2.52. The van der Waals surface area contributed by atoms with Crippen molar-refractivity contribution in [1.29, 1.82) is 0 Å². The summed E-state index contributed by atoms with van der Waals surface area (Å²) in [5, 5.41) is 7.15. The van der Waals surface area contributed by atoms with Crippen LogP contribution in [0.5, 0.6) is 5.75 Å². The van der Waals surface area contributed by atoms with Gasteiger partial charge < -0.3 is 14.8 Å². The molecule has 0 aliphatic heterocycles. The highest BCUT2D eigenvalue weighted by atomic mass is 16.5. The second-order valence-corrected chi connectivity index (χ2v) is 6.67. The van der Waals surface area contributed by atoms with E-state index >= 15 is 0 Å². The summed E-state index contributed by atoms with van der Waals surface area (Å²) in [7, 11) is 0. The van der Waals surface area contributed by atoms with Gasteiger partial charge >= 0.3 is 5.97 Å². The summed E-state index contributed by atoms with van der Waals surface area (Å²) in [6.07, 6.45) is 0.648. The molecule has 1 N–H and O–H groups in total. The van der Waals surface area contributed by atoms with Gasteiger partial charge in [0.2, 0.25) is 0 Å². The molecule has 1 heterocycles. The lowest BCUT2D eigenvalue weighted by atomic mass is 10.1. The molecule has 0 saturated carbocycles. The number of hydrogen-bond acceptors (Lipinski definition) is 5. The Hall–Kier alpha value is -3.61. The molecule has 1 amide bonds. The molecule has 156 valence electrons. The Morgan fingerprint density at radius 1 is 1.07 bits per heavy atom. The Bertz CT molecular complexity index is 999. The molecule has 2 aromatic carbocycles. The minimum absolute atomic E-state index is 0.165. The van der Waals surface area contributed by atoms with E-state index < -0.39 is 11.9 Å². The van der Waals surface area contributed by atoms with Crippen molar-refractivity contribution >= 4 is 17.7 Å². The van der Waals surface area contributed by atoms with E-state index in [4.69, 9.17) is 9.47 Å². The number of para-hydroxylation sites is 2. The normalized spacial score (nSPS) is 10.5. The van der Waals surface area contributed by atoms with Crippen molar-refractivity contribution in [1.82, 2.24) is 9.78 Å². The van der Waals surface area contributed by atoms with Gasteiger partial charge in [-0.15, -0.1) is 0 Å². The van der Waals surface area contributed by atoms with Crippen LogP contribution in [0.2, 0.25) is 0 Å². The molecule has 0 radical (unpaired) electrons. The first-order chi connectivity index (χ1) is 14.6. The fraction of sp³-hybridized carbons (Fsp3) is 0.261. The van der Waals surface area contributed by atoms with Crippen LogP contribution in [0.15, 0.2) is 60.7 Å². The van der Waals surface area contributed by atoms with Crippen molar-refractivity contribution in [3.63, 3.8) is 0 Å². The summed E-state index contributed by atoms with van der Waals surface area (Å²) < 4.78 is 12.3.